The molecule has 0 heterocycles. The molecule has 1 rings (SSSR count). The molecule has 0 radical (unpaired) electrons. The van der Waals surface area contributed by atoms with Gasteiger partial charge in [-0.15, -0.1) is 18.2 Å². The maximum absolute atomic E-state index is 11.7. The van der Waals surface area contributed by atoms with Gasteiger partial charge < -0.3 is 15.3 Å². The van der Waals surface area contributed by atoms with Crippen LogP contribution in [0.1, 0.15) is 12.8 Å². The number of thioether (sulfide) groups is 1. The van der Waals surface area contributed by atoms with E-state index >= 15 is 0 Å². The van der Waals surface area contributed by atoms with E-state index in [0.717, 1.165) is 18.6 Å². The molecule has 1 fully saturated rings. The Hall–Kier alpha value is -1.35. The molecule has 0 aromatic carbocycles. The average Bonchev–Trinajstić information content (AvgIpc) is 3.09. The van der Waals surface area contributed by atoms with Gasteiger partial charge >= 0.3 is 12.0 Å². The highest BCUT2D eigenvalue weighted by molar-refractivity contribution is 7.99. The lowest BCUT2D eigenvalue weighted by Crippen LogP contribution is -2.44. The molecule has 0 saturated heterocycles. The summed E-state index contributed by atoms with van der Waals surface area (Å²) < 4.78 is 0. The predicted octanol–water partition coefficient (Wildman–Crippen LogP) is 0.611. The van der Waals surface area contributed by atoms with Gasteiger partial charge in [0.05, 0.1) is 5.75 Å². The fraction of sp³-hybridized carbons (Fsp3) is 0.636. The Morgan fingerprint density at radius 3 is 2.76 bits per heavy atom. The van der Waals surface area contributed by atoms with Crippen molar-refractivity contribution in [3.05, 3.63) is 0 Å². The van der Waals surface area contributed by atoms with Crippen molar-refractivity contribution < 1.29 is 14.7 Å². The second-order valence-corrected chi connectivity index (χ2v) is 4.85. The molecule has 0 aromatic rings. The average molecular weight is 256 g/mol. The Balaban J connectivity index is 2.23. The van der Waals surface area contributed by atoms with Gasteiger partial charge in [0.2, 0.25) is 0 Å². The SMILES string of the molecule is C#CCSCCNC(=O)N(CC(=O)O)C1CC1. The van der Waals surface area contributed by atoms with Crippen molar-refractivity contribution in [2.24, 2.45) is 0 Å². The Kier molecular flexibility index (Phi) is 5.70. The highest BCUT2D eigenvalue weighted by Crippen LogP contribution is 2.26. The molecule has 0 atom stereocenters. The number of nitrogens with one attached hydrogen (secondary N) is 1. The second-order valence-electron chi connectivity index (χ2n) is 3.74. The minimum Gasteiger partial charge on any atom is -0.480 e. The van der Waals surface area contributed by atoms with Crippen LogP contribution in [0.2, 0.25) is 0 Å². The van der Waals surface area contributed by atoms with Crippen molar-refractivity contribution in [3.8, 4) is 12.3 Å². The number of carbonyl (C=O) groups is 2. The first-order chi connectivity index (χ1) is 8.15. The number of nitrogens with zero attached hydrogens (tertiary/aromatic N) is 1. The van der Waals surface area contributed by atoms with Gasteiger partial charge in [0.15, 0.2) is 0 Å². The molecule has 0 aliphatic heterocycles. The Morgan fingerprint density at radius 2 is 2.24 bits per heavy atom. The van der Waals surface area contributed by atoms with E-state index in [4.69, 9.17) is 11.5 Å². The van der Waals surface area contributed by atoms with Crippen LogP contribution in [0.5, 0.6) is 0 Å². The van der Waals surface area contributed by atoms with E-state index in [-0.39, 0.29) is 18.6 Å². The van der Waals surface area contributed by atoms with Crippen LogP contribution in [0, 0.1) is 12.3 Å². The van der Waals surface area contributed by atoms with Crippen molar-refractivity contribution in [2.45, 2.75) is 18.9 Å². The molecule has 94 valence electrons. The van der Waals surface area contributed by atoms with Gasteiger partial charge in [0.25, 0.3) is 0 Å². The van der Waals surface area contributed by atoms with Crippen molar-refractivity contribution in [1.82, 2.24) is 10.2 Å². The maximum atomic E-state index is 11.7. The van der Waals surface area contributed by atoms with Crippen LogP contribution in [0.4, 0.5) is 4.79 Å². The van der Waals surface area contributed by atoms with Crippen LogP contribution in [0.3, 0.4) is 0 Å². The van der Waals surface area contributed by atoms with Gasteiger partial charge in [-0.05, 0) is 12.8 Å². The first kappa shape index (κ1) is 13.7. The topological polar surface area (TPSA) is 69.6 Å². The lowest BCUT2D eigenvalue weighted by molar-refractivity contribution is -0.137. The number of terminal acetylenes is 1. The van der Waals surface area contributed by atoms with Gasteiger partial charge in [0, 0.05) is 18.3 Å². The van der Waals surface area contributed by atoms with Crippen molar-refractivity contribution >= 4 is 23.8 Å². The second kappa shape index (κ2) is 7.07. The highest BCUT2D eigenvalue weighted by atomic mass is 32.2. The minimum absolute atomic E-state index is 0.101. The zero-order chi connectivity index (χ0) is 12.7. The van der Waals surface area contributed by atoms with Crippen LogP contribution in [0.25, 0.3) is 0 Å². The zero-order valence-corrected chi connectivity index (χ0v) is 10.3. The van der Waals surface area contributed by atoms with Gasteiger partial charge in [-0.2, -0.15) is 0 Å². The number of carbonyl (C=O) groups excluding carboxylic acids is 1. The molecule has 5 nitrogen and oxygen atoms in total. The summed E-state index contributed by atoms with van der Waals surface area (Å²) in [5.74, 6) is 2.88. The van der Waals surface area contributed by atoms with Crippen LogP contribution in [-0.2, 0) is 4.79 Å². The lowest BCUT2D eigenvalue weighted by atomic mass is 10.5. The van der Waals surface area contributed by atoms with E-state index in [1.807, 2.05) is 0 Å². The molecule has 17 heavy (non-hydrogen) atoms. The number of rotatable bonds is 7. The molecule has 2 N–H and O–H groups in total. The highest BCUT2D eigenvalue weighted by Gasteiger charge is 2.33. The zero-order valence-electron chi connectivity index (χ0n) is 9.52. The third-order valence-electron chi connectivity index (χ3n) is 2.26. The van der Waals surface area contributed by atoms with E-state index in [2.05, 4.69) is 11.2 Å². The first-order valence-corrected chi connectivity index (χ1v) is 6.58. The van der Waals surface area contributed by atoms with Crippen LogP contribution in [0.15, 0.2) is 0 Å². The van der Waals surface area contributed by atoms with Gasteiger partial charge in [-0.1, -0.05) is 5.92 Å². The fourth-order valence-electron chi connectivity index (χ4n) is 1.36. The van der Waals surface area contributed by atoms with E-state index < -0.39 is 5.97 Å². The molecule has 0 aromatic heterocycles. The van der Waals surface area contributed by atoms with Crippen LogP contribution >= 0.6 is 11.8 Å². The largest absolute Gasteiger partial charge is 0.480 e. The van der Waals surface area contributed by atoms with Crippen LogP contribution in [-0.4, -0.2) is 52.6 Å². The molecule has 0 spiro atoms. The van der Waals surface area contributed by atoms with Gasteiger partial charge in [0.1, 0.15) is 6.54 Å². The number of carboxylic acids is 1. The number of hydrogen-bond donors (Lipinski definition) is 2. The summed E-state index contributed by atoms with van der Waals surface area (Å²) in [5.41, 5.74) is 0. The molecule has 1 saturated carbocycles. The molecule has 1 aliphatic carbocycles. The summed E-state index contributed by atoms with van der Waals surface area (Å²) in [6.45, 7) is 0.280. The Labute approximate surface area is 105 Å². The number of aliphatic carboxylic acids is 1. The third-order valence-corrected chi connectivity index (χ3v) is 3.13. The van der Waals surface area contributed by atoms with Gasteiger partial charge in [-0.25, -0.2) is 4.79 Å². The monoisotopic (exact) mass is 256 g/mol. The number of urea groups is 1. The maximum Gasteiger partial charge on any atom is 0.323 e. The first-order valence-electron chi connectivity index (χ1n) is 5.42. The van der Waals surface area contributed by atoms with Gasteiger partial charge in [-0.3, -0.25) is 4.79 Å². The van der Waals surface area contributed by atoms with E-state index in [9.17, 15) is 9.59 Å². The number of amides is 2. The fourth-order valence-corrected chi connectivity index (χ4v) is 1.87. The summed E-state index contributed by atoms with van der Waals surface area (Å²) >= 11 is 1.56. The molecular formula is C11H16N2O3S. The lowest BCUT2D eigenvalue weighted by Gasteiger charge is -2.20. The Bertz CT molecular complexity index is 323. The number of carboxylic acid groups (broad SMARTS) is 1. The standard InChI is InChI=1S/C11H16N2O3S/c1-2-6-17-7-5-12-11(16)13(8-10(14)15)9-3-4-9/h1,9H,3-8H2,(H,12,16)(H,14,15). The normalized spacial score (nSPS) is 13.8. The van der Waals surface area contributed by atoms with Crippen molar-refractivity contribution in [1.29, 1.82) is 0 Å². The van der Waals surface area contributed by atoms with E-state index in [1.54, 1.807) is 11.8 Å². The van der Waals surface area contributed by atoms with Crippen molar-refractivity contribution in [2.75, 3.05) is 24.6 Å². The summed E-state index contributed by atoms with van der Waals surface area (Å²) in [6, 6.07) is -0.194. The quantitative estimate of drug-likeness (QED) is 0.517. The summed E-state index contributed by atoms with van der Waals surface area (Å²) in [6.07, 6.45) is 6.88. The Morgan fingerprint density at radius 1 is 1.53 bits per heavy atom. The molecule has 0 unspecified atom stereocenters. The molecule has 6 heteroatoms. The summed E-state index contributed by atoms with van der Waals surface area (Å²) in [7, 11) is 0. The van der Waals surface area contributed by atoms with E-state index in [0.29, 0.717) is 12.3 Å². The third kappa shape index (κ3) is 5.50. The predicted molar refractivity (Wildman–Crippen MR) is 66.9 cm³/mol. The molecule has 2 amide bonds. The van der Waals surface area contributed by atoms with Crippen LogP contribution < -0.4 is 5.32 Å². The number of hydrogen-bond acceptors (Lipinski definition) is 3. The summed E-state index contributed by atoms with van der Waals surface area (Å²) in [4.78, 5) is 23.7. The molecule has 0 bridgehead atoms. The van der Waals surface area contributed by atoms with Crippen molar-refractivity contribution in [3.63, 3.8) is 0 Å². The minimum atomic E-state index is -0.978. The molecular weight excluding hydrogens is 240 g/mol. The smallest absolute Gasteiger partial charge is 0.323 e. The molecule has 1 aliphatic rings. The summed E-state index contributed by atoms with van der Waals surface area (Å²) in [5, 5.41) is 11.4. The van der Waals surface area contributed by atoms with E-state index in [1.165, 1.54) is 4.90 Å².